The van der Waals surface area contributed by atoms with E-state index in [1.807, 2.05) is 17.5 Å². The Bertz CT molecular complexity index is 780. The first-order valence-corrected chi connectivity index (χ1v) is 9.53. The highest BCUT2D eigenvalue weighted by molar-refractivity contribution is 7.99. The Labute approximate surface area is 142 Å². The average molecular weight is 347 g/mol. The van der Waals surface area contributed by atoms with Crippen LogP contribution in [-0.4, -0.2) is 25.0 Å². The highest BCUT2D eigenvalue weighted by Gasteiger charge is 2.21. The van der Waals surface area contributed by atoms with Crippen molar-refractivity contribution in [1.82, 2.24) is 25.0 Å². The number of hydrogen-bond acceptors (Lipinski definition) is 7. The van der Waals surface area contributed by atoms with Gasteiger partial charge in [-0.05, 0) is 31.2 Å². The van der Waals surface area contributed by atoms with E-state index < -0.39 is 0 Å². The summed E-state index contributed by atoms with van der Waals surface area (Å²) in [6.45, 7) is 3.07. The number of hydrogen-bond donors (Lipinski definition) is 0. The third-order valence-electron chi connectivity index (χ3n) is 3.88. The van der Waals surface area contributed by atoms with Gasteiger partial charge in [-0.3, -0.25) is 0 Å². The Morgan fingerprint density at radius 2 is 2.17 bits per heavy atom. The molecule has 0 saturated carbocycles. The van der Waals surface area contributed by atoms with Crippen LogP contribution in [0.1, 0.15) is 43.2 Å². The minimum Gasteiger partial charge on any atom is -0.419 e. The molecule has 0 amide bonds. The zero-order valence-corrected chi connectivity index (χ0v) is 14.4. The van der Waals surface area contributed by atoms with Crippen LogP contribution in [0.4, 0.5) is 0 Å². The molecule has 0 N–H and O–H groups in total. The number of rotatable bonds is 4. The summed E-state index contributed by atoms with van der Waals surface area (Å²) < 4.78 is 8.06. The smallest absolute Gasteiger partial charge is 0.257 e. The van der Waals surface area contributed by atoms with Crippen LogP contribution >= 0.6 is 23.1 Å². The zero-order chi connectivity index (χ0) is 15.6. The third kappa shape index (κ3) is 3.05. The maximum Gasteiger partial charge on any atom is 0.257 e. The van der Waals surface area contributed by atoms with Gasteiger partial charge in [-0.15, -0.1) is 31.7 Å². The van der Waals surface area contributed by atoms with E-state index in [1.165, 1.54) is 19.3 Å². The van der Waals surface area contributed by atoms with Gasteiger partial charge in [0.05, 0.1) is 10.1 Å². The molecule has 0 aliphatic carbocycles. The Balaban J connectivity index is 1.52. The van der Waals surface area contributed by atoms with E-state index in [4.69, 9.17) is 4.42 Å². The monoisotopic (exact) mass is 347 g/mol. The van der Waals surface area contributed by atoms with Crippen LogP contribution in [0.2, 0.25) is 0 Å². The molecular formula is C15H17N5OS2. The minimum atomic E-state index is 0.0489. The van der Waals surface area contributed by atoms with Crippen LogP contribution in [0.25, 0.3) is 10.8 Å². The summed E-state index contributed by atoms with van der Waals surface area (Å²) in [5.41, 5.74) is 0. The fraction of sp³-hybridized carbons (Fsp3) is 0.467. The van der Waals surface area contributed by atoms with Gasteiger partial charge in [0.1, 0.15) is 5.82 Å². The third-order valence-corrected chi connectivity index (χ3v) is 5.80. The molecular weight excluding hydrogens is 330 g/mol. The summed E-state index contributed by atoms with van der Waals surface area (Å²) >= 11 is 3.23. The molecule has 0 radical (unpaired) electrons. The van der Waals surface area contributed by atoms with Crippen molar-refractivity contribution < 1.29 is 4.42 Å². The van der Waals surface area contributed by atoms with Gasteiger partial charge in [-0.2, -0.15) is 0 Å². The fourth-order valence-corrected chi connectivity index (χ4v) is 4.22. The molecule has 0 bridgehead atoms. The van der Waals surface area contributed by atoms with Crippen molar-refractivity contribution in [3.63, 3.8) is 0 Å². The van der Waals surface area contributed by atoms with E-state index >= 15 is 0 Å². The quantitative estimate of drug-likeness (QED) is 0.665. The summed E-state index contributed by atoms with van der Waals surface area (Å²) in [4.78, 5) is 0.997. The second-order valence-corrected chi connectivity index (χ2v) is 7.80. The Morgan fingerprint density at radius 1 is 1.22 bits per heavy atom. The van der Waals surface area contributed by atoms with E-state index in [0.29, 0.717) is 11.8 Å². The molecule has 0 fully saturated rings. The molecule has 1 aliphatic rings. The van der Waals surface area contributed by atoms with Gasteiger partial charge in [-0.25, -0.2) is 0 Å². The van der Waals surface area contributed by atoms with Gasteiger partial charge in [0.25, 0.3) is 5.89 Å². The van der Waals surface area contributed by atoms with Crippen molar-refractivity contribution in [2.45, 2.75) is 49.6 Å². The lowest BCUT2D eigenvalue weighted by Crippen LogP contribution is -2.03. The van der Waals surface area contributed by atoms with Crippen molar-refractivity contribution in [3.8, 4) is 10.8 Å². The van der Waals surface area contributed by atoms with Crippen LogP contribution in [-0.2, 0) is 13.0 Å². The van der Waals surface area contributed by atoms with E-state index in [2.05, 4.69) is 31.9 Å². The van der Waals surface area contributed by atoms with Gasteiger partial charge in [0, 0.05) is 13.0 Å². The predicted octanol–water partition coefficient (Wildman–Crippen LogP) is 3.97. The van der Waals surface area contributed by atoms with Crippen LogP contribution < -0.4 is 0 Å². The molecule has 0 saturated heterocycles. The lowest BCUT2D eigenvalue weighted by molar-refractivity contribution is 0.509. The van der Waals surface area contributed by atoms with Crippen molar-refractivity contribution in [2.24, 2.45) is 0 Å². The molecule has 1 atom stereocenters. The SMILES string of the molecule is C[C@H](Sc1nnc2n1CCCCC2)c1nnc(-c2cccs2)o1. The standard InChI is InChI=1S/C15H17N5OS2/c1-10(13-17-18-14(21-13)11-6-5-9-22-11)23-15-19-16-12-7-3-2-4-8-20(12)15/h5-6,9-10H,2-4,7-8H2,1H3/t10-/m0/s1. The first-order valence-electron chi connectivity index (χ1n) is 7.77. The largest absolute Gasteiger partial charge is 0.419 e. The van der Waals surface area contributed by atoms with Gasteiger partial charge in [0.15, 0.2) is 5.16 Å². The second kappa shape index (κ2) is 6.45. The van der Waals surface area contributed by atoms with E-state index in [-0.39, 0.29) is 5.25 Å². The highest BCUT2D eigenvalue weighted by atomic mass is 32.2. The number of nitrogens with zero attached hydrogens (tertiary/aromatic N) is 5. The maximum absolute atomic E-state index is 5.82. The van der Waals surface area contributed by atoms with Crippen molar-refractivity contribution in [2.75, 3.05) is 0 Å². The lowest BCUT2D eigenvalue weighted by Gasteiger charge is -2.08. The molecule has 6 nitrogen and oxygen atoms in total. The van der Waals surface area contributed by atoms with Gasteiger partial charge >= 0.3 is 0 Å². The zero-order valence-electron chi connectivity index (χ0n) is 12.8. The number of aromatic nitrogens is 5. The van der Waals surface area contributed by atoms with E-state index in [1.54, 1.807) is 23.1 Å². The summed E-state index contributed by atoms with van der Waals surface area (Å²) in [7, 11) is 0. The van der Waals surface area contributed by atoms with Crippen LogP contribution in [0.15, 0.2) is 27.1 Å². The van der Waals surface area contributed by atoms with Crippen molar-refractivity contribution >= 4 is 23.1 Å². The Kier molecular flexibility index (Phi) is 4.17. The molecule has 4 rings (SSSR count). The number of thioether (sulfide) groups is 1. The van der Waals surface area contributed by atoms with Crippen molar-refractivity contribution in [3.05, 3.63) is 29.2 Å². The van der Waals surface area contributed by atoms with E-state index in [9.17, 15) is 0 Å². The summed E-state index contributed by atoms with van der Waals surface area (Å²) in [6.07, 6.45) is 4.67. The van der Waals surface area contributed by atoms with Crippen LogP contribution in [0, 0.1) is 0 Å². The molecule has 1 aliphatic heterocycles. The number of aryl methyl sites for hydroxylation is 1. The van der Waals surface area contributed by atoms with Crippen LogP contribution in [0.3, 0.4) is 0 Å². The molecule has 3 aromatic rings. The molecule has 23 heavy (non-hydrogen) atoms. The van der Waals surface area contributed by atoms with E-state index in [0.717, 1.165) is 28.8 Å². The average Bonchev–Trinajstić information content (AvgIpc) is 3.26. The lowest BCUT2D eigenvalue weighted by atomic mass is 10.2. The molecule has 0 aromatic carbocycles. The summed E-state index contributed by atoms with van der Waals surface area (Å²) in [5.74, 6) is 2.31. The molecule has 3 aromatic heterocycles. The molecule has 8 heteroatoms. The number of fused-ring (bicyclic) bond motifs is 1. The Morgan fingerprint density at radius 3 is 3.04 bits per heavy atom. The first kappa shape index (κ1) is 14.9. The summed E-state index contributed by atoms with van der Waals surface area (Å²) in [5, 5.41) is 20.0. The molecule has 0 spiro atoms. The topological polar surface area (TPSA) is 69.6 Å². The summed E-state index contributed by atoms with van der Waals surface area (Å²) in [6, 6.07) is 3.96. The molecule has 4 heterocycles. The molecule has 0 unspecified atom stereocenters. The Hall–Kier alpha value is -1.67. The first-order chi connectivity index (χ1) is 11.3. The normalized spacial score (nSPS) is 16.0. The minimum absolute atomic E-state index is 0.0489. The number of thiophene rings is 1. The molecule has 120 valence electrons. The fourth-order valence-electron chi connectivity index (χ4n) is 2.65. The van der Waals surface area contributed by atoms with Gasteiger partial charge in [0.2, 0.25) is 5.89 Å². The predicted molar refractivity (Wildman–Crippen MR) is 89.5 cm³/mol. The van der Waals surface area contributed by atoms with Crippen molar-refractivity contribution in [1.29, 1.82) is 0 Å². The van der Waals surface area contributed by atoms with Crippen LogP contribution in [0.5, 0.6) is 0 Å². The van der Waals surface area contributed by atoms with Gasteiger partial charge < -0.3 is 8.98 Å². The second-order valence-electron chi connectivity index (χ2n) is 5.54. The van der Waals surface area contributed by atoms with Gasteiger partial charge in [-0.1, -0.05) is 24.2 Å². The highest BCUT2D eigenvalue weighted by Crippen LogP contribution is 2.35. The maximum atomic E-state index is 5.82.